The fourth-order valence-corrected chi connectivity index (χ4v) is 4.02. The van der Waals surface area contributed by atoms with Crippen LogP contribution < -0.4 is 22.2 Å². The number of nitriles is 1. The summed E-state index contributed by atoms with van der Waals surface area (Å²) in [5, 5.41) is 15.7. The highest BCUT2D eigenvalue weighted by Crippen LogP contribution is 2.35. The van der Waals surface area contributed by atoms with Gasteiger partial charge in [-0.3, -0.25) is 14.8 Å². The average Bonchev–Trinajstić information content (AvgIpc) is 3.15. The largest absolute Gasteiger partial charge is 0.419 e. The van der Waals surface area contributed by atoms with Gasteiger partial charge in [-0.15, -0.1) is 0 Å². The summed E-state index contributed by atoms with van der Waals surface area (Å²) in [6.07, 6.45) is 5.20. The first-order chi connectivity index (χ1) is 19.3. The quantitative estimate of drug-likeness (QED) is 0.185. The van der Waals surface area contributed by atoms with E-state index in [0.717, 1.165) is 5.57 Å². The van der Waals surface area contributed by atoms with Gasteiger partial charge < -0.3 is 16.4 Å². The highest BCUT2D eigenvalue weighted by Gasteiger charge is 2.36. The van der Waals surface area contributed by atoms with Crippen molar-refractivity contribution in [3.05, 3.63) is 99.9 Å². The Bertz CT molecular complexity index is 1470. The van der Waals surface area contributed by atoms with Crippen LogP contribution in [0.1, 0.15) is 55.9 Å². The second kappa shape index (κ2) is 13.3. The molecule has 0 bridgehead atoms. The molecule has 0 saturated heterocycles. The van der Waals surface area contributed by atoms with Gasteiger partial charge in [0.1, 0.15) is 11.9 Å². The molecule has 3 rings (SSSR count). The third-order valence-electron chi connectivity index (χ3n) is 6.14. The van der Waals surface area contributed by atoms with E-state index in [1.54, 1.807) is 26.0 Å². The van der Waals surface area contributed by atoms with Gasteiger partial charge in [-0.25, -0.2) is 10.2 Å². The number of hydrogen-bond donors (Lipinski definition) is 4. The maximum atomic E-state index is 14.7. The van der Waals surface area contributed by atoms with Gasteiger partial charge in [0.05, 0.1) is 22.5 Å². The lowest BCUT2D eigenvalue weighted by molar-refractivity contribution is -0.140. The van der Waals surface area contributed by atoms with Crippen LogP contribution >= 0.6 is 0 Å². The Hall–Kier alpha value is -4.47. The number of anilines is 1. The molecule has 12 heteroatoms. The van der Waals surface area contributed by atoms with Gasteiger partial charge in [-0.1, -0.05) is 32.9 Å². The van der Waals surface area contributed by atoms with Gasteiger partial charge in [0.15, 0.2) is 0 Å². The van der Waals surface area contributed by atoms with Crippen LogP contribution in [0, 0.1) is 17.1 Å². The Morgan fingerprint density at radius 1 is 1.24 bits per heavy atom. The molecule has 0 atom stereocenters. The number of hydrazine groups is 1. The van der Waals surface area contributed by atoms with Crippen LogP contribution in [-0.4, -0.2) is 21.9 Å². The summed E-state index contributed by atoms with van der Waals surface area (Å²) in [5.74, 6) is 4.22. The molecule has 0 saturated carbocycles. The second-order valence-electron chi connectivity index (χ2n) is 9.56. The lowest BCUT2D eigenvalue weighted by atomic mass is 10.1. The topological polar surface area (TPSA) is 133 Å². The molecule has 1 aromatic carbocycles. The zero-order valence-electron chi connectivity index (χ0n) is 22.8. The molecule has 0 aliphatic heterocycles. The van der Waals surface area contributed by atoms with Gasteiger partial charge in [0, 0.05) is 53.6 Å². The summed E-state index contributed by atoms with van der Waals surface area (Å²) in [4.78, 5) is 17.2. The summed E-state index contributed by atoms with van der Waals surface area (Å²) >= 11 is 0. The lowest BCUT2D eigenvalue weighted by Gasteiger charge is -2.21. The molecule has 1 aliphatic rings. The summed E-state index contributed by atoms with van der Waals surface area (Å²) < 4.78 is 55.4. The van der Waals surface area contributed by atoms with Gasteiger partial charge >= 0.3 is 6.18 Å². The molecule has 0 fully saturated rings. The highest BCUT2D eigenvalue weighted by atomic mass is 19.4. The number of alkyl halides is 3. The van der Waals surface area contributed by atoms with E-state index < -0.39 is 23.5 Å². The Kier molecular flexibility index (Phi) is 10.0. The van der Waals surface area contributed by atoms with Crippen LogP contribution in [0.5, 0.6) is 0 Å². The third kappa shape index (κ3) is 8.03. The number of benzene rings is 1. The number of nitrogens with one attached hydrogen (secondary N) is 2. The fourth-order valence-electron chi connectivity index (χ4n) is 4.02. The van der Waals surface area contributed by atoms with Crippen LogP contribution in [0.4, 0.5) is 23.2 Å². The van der Waals surface area contributed by atoms with Crippen molar-refractivity contribution >= 4 is 17.3 Å². The Morgan fingerprint density at radius 3 is 2.61 bits per heavy atom. The smallest absolute Gasteiger partial charge is 0.397 e. The summed E-state index contributed by atoms with van der Waals surface area (Å²) in [5.41, 5.74) is 6.62. The van der Waals surface area contributed by atoms with E-state index in [9.17, 15) is 22.4 Å². The SMILES string of the molecule is CCC1=CCC=C(C(=O)Nc2cc(CNC(C)C)c(F)c(C(F)(F)F)c2)C=C1N(N)/C=C(\N)c1cncc(C#N)c1. The van der Waals surface area contributed by atoms with Crippen LogP contribution in [0.3, 0.4) is 0 Å². The van der Waals surface area contributed by atoms with Crippen molar-refractivity contribution < 1.29 is 22.4 Å². The number of halogens is 4. The summed E-state index contributed by atoms with van der Waals surface area (Å²) in [6, 6.07) is 5.18. The minimum absolute atomic E-state index is 0.101. The Balaban J connectivity index is 1.94. The number of rotatable bonds is 9. The van der Waals surface area contributed by atoms with Crippen LogP contribution in [0.25, 0.3) is 5.70 Å². The van der Waals surface area contributed by atoms with Gasteiger partial charge in [-0.2, -0.15) is 18.4 Å². The van der Waals surface area contributed by atoms with Crippen molar-refractivity contribution in [2.24, 2.45) is 11.6 Å². The first-order valence-corrected chi connectivity index (χ1v) is 12.8. The number of allylic oxidation sites excluding steroid dienone is 3. The number of amides is 1. The van der Waals surface area contributed by atoms with Gasteiger partial charge in [0.2, 0.25) is 0 Å². The van der Waals surface area contributed by atoms with Gasteiger partial charge in [-0.05, 0) is 42.7 Å². The Labute approximate surface area is 235 Å². The third-order valence-corrected chi connectivity index (χ3v) is 6.14. The predicted octanol–water partition coefficient (Wildman–Crippen LogP) is 5.23. The number of nitrogens with zero attached hydrogens (tertiary/aromatic N) is 3. The van der Waals surface area contributed by atoms with E-state index in [0.29, 0.717) is 35.7 Å². The van der Waals surface area contributed by atoms with E-state index in [1.807, 2.05) is 19.1 Å². The minimum Gasteiger partial charge on any atom is -0.397 e. The first-order valence-electron chi connectivity index (χ1n) is 12.8. The number of carbonyl (C=O) groups is 1. The molecular weight excluding hydrogens is 538 g/mol. The number of hydrogen-bond acceptors (Lipinski definition) is 7. The number of pyridine rings is 1. The number of carbonyl (C=O) groups excluding carboxylic acids is 1. The average molecular weight is 570 g/mol. The van der Waals surface area contributed by atoms with E-state index in [-0.39, 0.29) is 35.1 Å². The molecule has 216 valence electrons. The molecular formula is C29H31F4N7O. The molecule has 0 spiro atoms. The molecule has 2 aromatic rings. The molecule has 1 aromatic heterocycles. The number of nitrogens with two attached hydrogens (primary N) is 2. The molecule has 41 heavy (non-hydrogen) atoms. The summed E-state index contributed by atoms with van der Waals surface area (Å²) in [7, 11) is 0. The lowest BCUT2D eigenvalue weighted by Crippen LogP contribution is -2.27. The zero-order valence-corrected chi connectivity index (χ0v) is 22.8. The highest BCUT2D eigenvalue weighted by molar-refractivity contribution is 6.06. The standard InChI is InChI=1S/C29H31F4N7O/c1-4-19-6-5-7-20(10-26(19)40(36)16-25(35)21-8-18(12-34)13-37-14-21)28(41)39-23-9-22(15-38-17(2)3)27(30)24(11-23)29(31,32)33/h6-11,13-14,16-17,38H,4-5,15,35-36H2,1-3H3,(H,39,41)/b25-16-. The van der Waals surface area contributed by atoms with Crippen molar-refractivity contribution in [1.29, 1.82) is 5.26 Å². The van der Waals surface area contributed by atoms with Crippen LogP contribution in [0.15, 0.2) is 71.9 Å². The monoisotopic (exact) mass is 569 g/mol. The van der Waals surface area contributed by atoms with Crippen molar-refractivity contribution in [1.82, 2.24) is 15.3 Å². The molecule has 1 heterocycles. The Morgan fingerprint density at radius 2 is 1.98 bits per heavy atom. The molecule has 1 aliphatic carbocycles. The normalized spacial score (nSPS) is 14.0. The molecule has 0 unspecified atom stereocenters. The maximum absolute atomic E-state index is 14.7. The van der Waals surface area contributed by atoms with E-state index in [1.165, 1.54) is 35.7 Å². The minimum atomic E-state index is -4.96. The van der Waals surface area contributed by atoms with Crippen molar-refractivity contribution in [2.75, 3.05) is 5.32 Å². The predicted molar refractivity (Wildman–Crippen MR) is 148 cm³/mol. The van der Waals surface area contributed by atoms with Crippen LogP contribution in [-0.2, 0) is 17.5 Å². The molecule has 6 N–H and O–H groups in total. The van der Waals surface area contributed by atoms with Crippen molar-refractivity contribution in [3.8, 4) is 6.07 Å². The van der Waals surface area contributed by atoms with Crippen LogP contribution in [0.2, 0.25) is 0 Å². The van der Waals surface area contributed by atoms with Crippen molar-refractivity contribution in [3.63, 3.8) is 0 Å². The number of aromatic nitrogens is 1. The van der Waals surface area contributed by atoms with E-state index in [4.69, 9.17) is 16.8 Å². The molecule has 0 radical (unpaired) electrons. The fraction of sp³-hybridized carbons (Fsp3) is 0.276. The van der Waals surface area contributed by atoms with Crippen molar-refractivity contribution in [2.45, 2.75) is 52.4 Å². The maximum Gasteiger partial charge on any atom is 0.419 e. The molecule has 1 amide bonds. The second-order valence-corrected chi connectivity index (χ2v) is 9.56. The molecule has 8 nitrogen and oxygen atoms in total. The van der Waals surface area contributed by atoms with E-state index >= 15 is 0 Å². The first kappa shape index (κ1) is 31.1. The zero-order chi connectivity index (χ0) is 30.3. The summed E-state index contributed by atoms with van der Waals surface area (Å²) in [6.45, 7) is 5.30. The van der Waals surface area contributed by atoms with E-state index in [2.05, 4.69) is 15.6 Å². The van der Waals surface area contributed by atoms with Gasteiger partial charge in [0.25, 0.3) is 5.91 Å².